The van der Waals surface area contributed by atoms with Crippen molar-refractivity contribution in [3.63, 3.8) is 0 Å². The molecule has 1 spiro atoms. The summed E-state index contributed by atoms with van der Waals surface area (Å²) >= 11 is 0. The number of fused-ring (bicyclic) bond motifs is 18. The Morgan fingerprint density at radius 3 is 1.49 bits per heavy atom. The smallest absolute Gasteiger partial charge is 0.0755 e. The molecule has 0 fully saturated rings. The average molecular weight is 1050 g/mol. The largest absolute Gasteiger partial charge is 0.310 e. The second kappa shape index (κ2) is 17.4. The number of para-hydroxylation sites is 5. The summed E-state index contributed by atoms with van der Waals surface area (Å²) in [5.41, 5.74) is 26.9. The van der Waals surface area contributed by atoms with E-state index in [1.165, 1.54) is 116 Å². The van der Waals surface area contributed by atoms with Gasteiger partial charge in [-0.1, -0.05) is 243 Å². The van der Waals surface area contributed by atoms with Gasteiger partial charge in [-0.05, 0) is 139 Å². The number of aromatic nitrogens is 2. The van der Waals surface area contributed by atoms with Crippen LogP contribution < -0.4 is 4.90 Å². The van der Waals surface area contributed by atoms with Crippen LogP contribution in [0, 0.1) is 0 Å². The van der Waals surface area contributed by atoms with Crippen molar-refractivity contribution in [2.45, 2.75) is 10.8 Å². The number of nitrogens with zero attached hydrogens (tertiary/aromatic N) is 3. The van der Waals surface area contributed by atoms with E-state index in [1.807, 2.05) is 0 Å². The fraction of sp³-hybridized carbons (Fsp3) is 0.0250. The van der Waals surface area contributed by atoms with Crippen LogP contribution in [0.25, 0.3) is 88.4 Å². The first-order valence-electron chi connectivity index (χ1n) is 28.9. The van der Waals surface area contributed by atoms with Crippen LogP contribution in [0.2, 0.25) is 0 Å². The molecule has 0 saturated heterocycles. The first-order valence-corrected chi connectivity index (χ1v) is 28.9. The third kappa shape index (κ3) is 6.12. The van der Waals surface area contributed by atoms with Gasteiger partial charge in [0.1, 0.15) is 0 Å². The Hall–Kier alpha value is -10.7. The van der Waals surface area contributed by atoms with Crippen LogP contribution >= 0.6 is 0 Å². The third-order valence-electron chi connectivity index (χ3n) is 18.8. The molecule has 3 aliphatic rings. The highest BCUT2D eigenvalue weighted by Crippen LogP contribution is 2.63. The van der Waals surface area contributed by atoms with Gasteiger partial charge in [-0.3, -0.25) is 0 Å². The Morgan fingerprint density at radius 2 is 0.783 bits per heavy atom. The molecule has 13 aromatic carbocycles. The Kier molecular flexibility index (Phi) is 9.64. The van der Waals surface area contributed by atoms with Crippen molar-refractivity contribution in [1.82, 2.24) is 9.13 Å². The highest BCUT2D eigenvalue weighted by molar-refractivity contribution is 6.13. The zero-order chi connectivity index (χ0) is 54.4. The van der Waals surface area contributed by atoms with E-state index in [0.29, 0.717) is 0 Å². The molecule has 0 amide bonds. The lowest BCUT2D eigenvalue weighted by atomic mass is 9.65. The van der Waals surface area contributed by atoms with E-state index in [0.717, 1.165) is 33.9 Å². The fourth-order valence-corrected chi connectivity index (χ4v) is 15.6. The van der Waals surface area contributed by atoms with E-state index in [4.69, 9.17) is 0 Å². The Labute approximate surface area is 481 Å². The molecule has 2 aliphatic carbocycles. The number of rotatable bonds is 7. The lowest BCUT2D eigenvalue weighted by Gasteiger charge is -2.40. The van der Waals surface area contributed by atoms with Gasteiger partial charge in [-0.2, -0.15) is 0 Å². The fourth-order valence-electron chi connectivity index (χ4n) is 15.6. The second-order valence-corrected chi connectivity index (χ2v) is 22.6. The van der Waals surface area contributed by atoms with Crippen molar-refractivity contribution in [2.75, 3.05) is 4.90 Å². The van der Waals surface area contributed by atoms with Crippen LogP contribution in [-0.2, 0) is 10.8 Å². The summed E-state index contributed by atoms with van der Waals surface area (Å²) in [4.78, 5) is 2.56. The van der Waals surface area contributed by atoms with E-state index >= 15 is 0 Å². The monoisotopic (exact) mass is 1050 g/mol. The highest BCUT2D eigenvalue weighted by Gasteiger charge is 2.52. The maximum absolute atomic E-state index is 2.56. The minimum atomic E-state index is -0.625. The van der Waals surface area contributed by atoms with Gasteiger partial charge in [0.15, 0.2) is 0 Å². The summed E-state index contributed by atoms with van der Waals surface area (Å²) in [7, 11) is 0. The van der Waals surface area contributed by atoms with Crippen molar-refractivity contribution in [1.29, 1.82) is 0 Å². The molecule has 3 heterocycles. The van der Waals surface area contributed by atoms with Gasteiger partial charge in [0, 0.05) is 44.2 Å². The lowest BCUT2D eigenvalue weighted by molar-refractivity contribution is 0.748. The van der Waals surface area contributed by atoms with Crippen LogP contribution in [0.1, 0.15) is 44.5 Å². The first kappa shape index (κ1) is 46.1. The molecule has 0 radical (unpaired) electrons. The van der Waals surface area contributed by atoms with Gasteiger partial charge >= 0.3 is 0 Å². The molecule has 18 rings (SSSR count). The van der Waals surface area contributed by atoms with Crippen molar-refractivity contribution in [2.24, 2.45) is 0 Å². The quantitative estimate of drug-likeness (QED) is 0.155. The summed E-state index contributed by atoms with van der Waals surface area (Å²) in [6.45, 7) is 0. The van der Waals surface area contributed by atoms with Gasteiger partial charge in [-0.15, -0.1) is 0 Å². The predicted molar refractivity (Wildman–Crippen MR) is 343 cm³/mol. The molecular formula is C80H51N3. The molecule has 0 saturated carbocycles. The summed E-state index contributed by atoms with van der Waals surface area (Å²) in [5.74, 6) is 0. The van der Waals surface area contributed by atoms with E-state index in [1.54, 1.807) is 0 Å². The molecule has 1 unspecified atom stereocenters. The summed E-state index contributed by atoms with van der Waals surface area (Å²) in [6.07, 6.45) is 0. The van der Waals surface area contributed by atoms with Crippen molar-refractivity contribution < 1.29 is 0 Å². The van der Waals surface area contributed by atoms with Gasteiger partial charge in [-0.25, -0.2) is 0 Å². The Bertz CT molecular complexity index is 5070. The summed E-state index contributed by atoms with van der Waals surface area (Å²) < 4.78 is 4.95. The highest BCUT2D eigenvalue weighted by atomic mass is 15.1. The van der Waals surface area contributed by atoms with E-state index in [9.17, 15) is 0 Å². The summed E-state index contributed by atoms with van der Waals surface area (Å²) in [5, 5.41) is 5.05. The molecule has 2 aromatic heterocycles. The topological polar surface area (TPSA) is 13.1 Å². The lowest BCUT2D eigenvalue weighted by Crippen LogP contribution is -2.33. The second-order valence-electron chi connectivity index (χ2n) is 22.6. The van der Waals surface area contributed by atoms with Gasteiger partial charge in [0.05, 0.1) is 44.3 Å². The van der Waals surface area contributed by atoms with Crippen LogP contribution in [0.4, 0.5) is 17.1 Å². The third-order valence-corrected chi connectivity index (χ3v) is 18.8. The molecule has 15 aromatic rings. The van der Waals surface area contributed by atoms with Crippen LogP contribution in [0.5, 0.6) is 0 Å². The Balaban J connectivity index is 0.889. The number of hydrogen-bond donors (Lipinski definition) is 0. The molecule has 386 valence electrons. The number of benzene rings is 13. The minimum absolute atomic E-state index is 0.575. The van der Waals surface area contributed by atoms with Gasteiger partial charge in [0.2, 0.25) is 0 Å². The number of hydrogen-bond acceptors (Lipinski definition) is 1. The number of anilines is 3. The molecule has 1 aliphatic heterocycles. The zero-order valence-electron chi connectivity index (χ0n) is 45.3. The van der Waals surface area contributed by atoms with Crippen molar-refractivity contribution in [3.8, 4) is 44.8 Å². The molecule has 0 bridgehead atoms. The molecule has 3 heteroatoms. The predicted octanol–water partition coefficient (Wildman–Crippen LogP) is 20.1. The molecule has 83 heavy (non-hydrogen) atoms. The molecular weight excluding hydrogens is 1000 g/mol. The minimum Gasteiger partial charge on any atom is -0.310 e. The zero-order valence-corrected chi connectivity index (χ0v) is 45.3. The Morgan fingerprint density at radius 1 is 0.277 bits per heavy atom. The molecule has 1 atom stereocenters. The van der Waals surface area contributed by atoms with Gasteiger partial charge in [0.25, 0.3) is 0 Å². The average Bonchev–Trinajstić information content (AvgIpc) is 1.62. The standard InChI is InChI=1S/C80H51N3/c1-3-23-54(24-4-1)79(55-25-5-2-6-26-55)67-35-13-8-32-65(67)77-69(79)37-21-43-76(77)81(56-46-44-52(45-47-56)53-22-19-27-57(50-53)82-72-39-15-9-29-61(72)62-30-10-16-40-73(62)82)58-48-49-60-59-28-7-12-34-66(59)80(71(60)51-58)68-36-14-18-42-75(68)83-74-41-17-11-31-63(74)64-33-20-38-70(80)78(64)83/h1-51H. The normalized spacial score (nSPS) is 14.9. The van der Waals surface area contributed by atoms with Crippen LogP contribution in [0.15, 0.2) is 309 Å². The van der Waals surface area contributed by atoms with Gasteiger partial charge < -0.3 is 14.0 Å². The SMILES string of the molecule is c1ccc(C2(c3ccccc3)c3ccccc3-c3c(N(c4ccc(-c5cccc(-n6c7ccccc7c7ccccc76)c5)cc4)c4ccc5c(c4)C4(c6ccccc6-5)c5ccccc5-n5c6ccccc6c6cccc4c65)cccc32)cc1. The maximum atomic E-state index is 2.56. The van der Waals surface area contributed by atoms with E-state index in [-0.39, 0.29) is 0 Å². The van der Waals surface area contributed by atoms with Crippen LogP contribution in [0.3, 0.4) is 0 Å². The molecule has 0 N–H and O–H groups in total. The van der Waals surface area contributed by atoms with Crippen LogP contribution in [-0.4, -0.2) is 9.13 Å². The molecule has 3 nitrogen and oxygen atoms in total. The maximum Gasteiger partial charge on any atom is 0.0755 e. The van der Waals surface area contributed by atoms with E-state index in [2.05, 4.69) is 323 Å². The van der Waals surface area contributed by atoms with E-state index < -0.39 is 10.8 Å². The first-order chi connectivity index (χ1) is 41.2. The summed E-state index contributed by atoms with van der Waals surface area (Å²) in [6, 6.07) is 116. The van der Waals surface area contributed by atoms with Crippen molar-refractivity contribution >= 4 is 60.7 Å². The van der Waals surface area contributed by atoms with Crippen molar-refractivity contribution in [3.05, 3.63) is 354 Å².